The average Bonchev–Trinajstić information content (AvgIpc) is 2.46. The fourth-order valence-electron chi connectivity index (χ4n) is 1.68. The van der Waals surface area contributed by atoms with E-state index in [1.807, 2.05) is 18.2 Å². The van der Waals surface area contributed by atoms with E-state index >= 15 is 0 Å². The minimum absolute atomic E-state index is 0.0114. The van der Waals surface area contributed by atoms with Crippen molar-refractivity contribution in [2.24, 2.45) is 0 Å². The van der Waals surface area contributed by atoms with Gasteiger partial charge in [-0.3, -0.25) is 4.79 Å². The first-order valence-corrected chi connectivity index (χ1v) is 6.17. The predicted octanol–water partition coefficient (Wildman–Crippen LogP) is 2.68. The minimum atomic E-state index is -0.509. The SMILES string of the molecule is CC(O)COc1ccc(C(=O)c2ccccc2)cc1. The van der Waals surface area contributed by atoms with Crippen molar-refractivity contribution in [2.75, 3.05) is 6.61 Å². The maximum Gasteiger partial charge on any atom is 0.193 e. The first-order valence-electron chi connectivity index (χ1n) is 6.17. The van der Waals surface area contributed by atoms with Crippen LogP contribution in [0.15, 0.2) is 54.6 Å². The Morgan fingerprint density at radius 1 is 1.05 bits per heavy atom. The van der Waals surface area contributed by atoms with Crippen LogP contribution in [0.1, 0.15) is 22.8 Å². The maximum absolute atomic E-state index is 12.1. The molecule has 0 saturated carbocycles. The van der Waals surface area contributed by atoms with Crippen molar-refractivity contribution in [1.29, 1.82) is 0 Å². The number of carbonyl (C=O) groups is 1. The predicted molar refractivity (Wildman–Crippen MR) is 73.5 cm³/mol. The Balaban J connectivity index is 2.08. The summed E-state index contributed by atoms with van der Waals surface area (Å²) in [5.74, 6) is 0.633. The van der Waals surface area contributed by atoms with Crippen molar-refractivity contribution in [3.8, 4) is 5.75 Å². The summed E-state index contributed by atoms with van der Waals surface area (Å²) in [5, 5.41) is 9.13. The fourth-order valence-corrected chi connectivity index (χ4v) is 1.68. The van der Waals surface area contributed by atoms with Crippen molar-refractivity contribution in [3.05, 3.63) is 65.7 Å². The van der Waals surface area contributed by atoms with Crippen LogP contribution in [0.25, 0.3) is 0 Å². The van der Waals surface area contributed by atoms with Gasteiger partial charge in [-0.2, -0.15) is 0 Å². The van der Waals surface area contributed by atoms with Gasteiger partial charge in [0, 0.05) is 11.1 Å². The normalized spacial score (nSPS) is 11.9. The summed E-state index contributed by atoms with van der Waals surface area (Å²) < 4.78 is 5.35. The lowest BCUT2D eigenvalue weighted by molar-refractivity contribution is 0.103. The highest BCUT2D eigenvalue weighted by atomic mass is 16.5. The Labute approximate surface area is 112 Å². The molecule has 19 heavy (non-hydrogen) atoms. The standard InChI is InChI=1S/C16H16O3/c1-12(17)11-19-15-9-7-14(8-10-15)16(18)13-5-3-2-4-6-13/h2-10,12,17H,11H2,1H3. The van der Waals surface area contributed by atoms with E-state index in [0.29, 0.717) is 16.9 Å². The highest BCUT2D eigenvalue weighted by Crippen LogP contribution is 2.15. The molecule has 0 bridgehead atoms. The van der Waals surface area contributed by atoms with E-state index in [9.17, 15) is 4.79 Å². The Hall–Kier alpha value is -2.13. The molecule has 1 N–H and O–H groups in total. The van der Waals surface area contributed by atoms with Gasteiger partial charge in [0.1, 0.15) is 12.4 Å². The molecule has 0 aliphatic carbocycles. The Kier molecular flexibility index (Phi) is 4.31. The van der Waals surface area contributed by atoms with Gasteiger partial charge < -0.3 is 9.84 Å². The molecule has 1 unspecified atom stereocenters. The molecular formula is C16H16O3. The number of hydrogen-bond acceptors (Lipinski definition) is 3. The summed E-state index contributed by atoms with van der Waals surface area (Å²) in [6.45, 7) is 1.90. The highest BCUT2D eigenvalue weighted by molar-refractivity contribution is 6.08. The molecular weight excluding hydrogens is 240 g/mol. The molecule has 3 nitrogen and oxygen atoms in total. The van der Waals surface area contributed by atoms with Crippen LogP contribution in [-0.4, -0.2) is 23.6 Å². The lowest BCUT2D eigenvalue weighted by Crippen LogP contribution is -2.12. The van der Waals surface area contributed by atoms with Gasteiger partial charge in [0.2, 0.25) is 0 Å². The van der Waals surface area contributed by atoms with Gasteiger partial charge in [0.05, 0.1) is 6.10 Å². The number of carbonyl (C=O) groups excluding carboxylic acids is 1. The molecule has 0 spiro atoms. The summed E-state index contributed by atoms with van der Waals surface area (Å²) in [6, 6.07) is 16.1. The smallest absolute Gasteiger partial charge is 0.193 e. The van der Waals surface area contributed by atoms with Crippen molar-refractivity contribution in [3.63, 3.8) is 0 Å². The Morgan fingerprint density at radius 3 is 2.21 bits per heavy atom. The first kappa shape index (κ1) is 13.3. The first-order chi connectivity index (χ1) is 9.16. The molecule has 0 heterocycles. The van der Waals surface area contributed by atoms with Crippen LogP contribution in [0.2, 0.25) is 0 Å². The topological polar surface area (TPSA) is 46.5 Å². The number of ketones is 1. The molecule has 0 aliphatic rings. The minimum Gasteiger partial charge on any atom is -0.491 e. The number of ether oxygens (including phenoxy) is 1. The molecule has 0 saturated heterocycles. The monoisotopic (exact) mass is 256 g/mol. The van der Waals surface area contributed by atoms with Gasteiger partial charge >= 0.3 is 0 Å². The van der Waals surface area contributed by atoms with E-state index in [4.69, 9.17) is 9.84 Å². The van der Waals surface area contributed by atoms with Crippen LogP contribution in [0, 0.1) is 0 Å². The largest absolute Gasteiger partial charge is 0.491 e. The second-order valence-corrected chi connectivity index (χ2v) is 4.38. The highest BCUT2D eigenvalue weighted by Gasteiger charge is 2.08. The summed E-state index contributed by atoms with van der Waals surface area (Å²) >= 11 is 0. The second kappa shape index (κ2) is 6.16. The maximum atomic E-state index is 12.1. The number of aliphatic hydroxyl groups excluding tert-OH is 1. The number of rotatable bonds is 5. The van der Waals surface area contributed by atoms with Crippen LogP contribution in [0.5, 0.6) is 5.75 Å². The fraction of sp³-hybridized carbons (Fsp3) is 0.188. The number of hydrogen-bond donors (Lipinski definition) is 1. The van der Waals surface area contributed by atoms with Crippen molar-refractivity contribution in [2.45, 2.75) is 13.0 Å². The van der Waals surface area contributed by atoms with Crippen molar-refractivity contribution in [1.82, 2.24) is 0 Å². The molecule has 3 heteroatoms. The van der Waals surface area contributed by atoms with E-state index in [1.54, 1.807) is 43.3 Å². The summed E-state index contributed by atoms with van der Waals surface area (Å²) in [5.41, 5.74) is 1.29. The number of aliphatic hydroxyl groups is 1. The van der Waals surface area contributed by atoms with Gasteiger partial charge in [-0.05, 0) is 31.2 Å². The second-order valence-electron chi connectivity index (χ2n) is 4.38. The van der Waals surface area contributed by atoms with E-state index in [0.717, 1.165) is 0 Å². The molecule has 2 rings (SSSR count). The zero-order valence-corrected chi connectivity index (χ0v) is 10.7. The summed E-state index contributed by atoms with van der Waals surface area (Å²) in [7, 11) is 0. The third kappa shape index (κ3) is 3.66. The van der Waals surface area contributed by atoms with Crippen LogP contribution in [0.3, 0.4) is 0 Å². The van der Waals surface area contributed by atoms with Gasteiger partial charge in [-0.25, -0.2) is 0 Å². The molecule has 0 fully saturated rings. The zero-order chi connectivity index (χ0) is 13.7. The van der Waals surface area contributed by atoms with E-state index in [-0.39, 0.29) is 12.4 Å². The van der Waals surface area contributed by atoms with Gasteiger partial charge in [-0.1, -0.05) is 30.3 Å². The summed E-state index contributed by atoms with van der Waals surface area (Å²) in [6.07, 6.45) is -0.509. The average molecular weight is 256 g/mol. The third-order valence-corrected chi connectivity index (χ3v) is 2.64. The lowest BCUT2D eigenvalue weighted by Gasteiger charge is -2.08. The lowest BCUT2D eigenvalue weighted by atomic mass is 10.0. The van der Waals surface area contributed by atoms with Crippen LogP contribution < -0.4 is 4.74 Å². The molecule has 2 aromatic rings. The van der Waals surface area contributed by atoms with Gasteiger partial charge in [0.25, 0.3) is 0 Å². The Morgan fingerprint density at radius 2 is 1.63 bits per heavy atom. The molecule has 1 atom stereocenters. The summed E-state index contributed by atoms with van der Waals surface area (Å²) in [4.78, 5) is 12.1. The van der Waals surface area contributed by atoms with Crippen molar-refractivity contribution >= 4 is 5.78 Å². The molecule has 0 aliphatic heterocycles. The van der Waals surface area contributed by atoms with Crippen LogP contribution >= 0.6 is 0 Å². The van der Waals surface area contributed by atoms with Gasteiger partial charge in [0.15, 0.2) is 5.78 Å². The number of benzene rings is 2. The van der Waals surface area contributed by atoms with E-state index in [2.05, 4.69) is 0 Å². The molecule has 98 valence electrons. The van der Waals surface area contributed by atoms with Crippen LogP contribution in [0.4, 0.5) is 0 Å². The Bertz CT molecular complexity index is 530. The van der Waals surface area contributed by atoms with E-state index in [1.165, 1.54) is 0 Å². The molecule has 2 aromatic carbocycles. The van der Waals surface area contributed by atoms with Gasteiger partial charge in [-0.15, -0.1) is 0 Å². The third-order valence-electron chi connectivity index (χ3n) is 2.64. The quantitative estimate of drug-likeness (QED) is 0.837. The van der Waals surface area contributed by atoms with Crippen molar-refractivity contribution < 1.29 is 14.6 Å². The molecule has 0 aromatic heterocycles. The van der Waals surface area contributed by atoms with E-state index < -0.39 is 6.10 Å². The zero-order valence-electron chi connectivity index (χ0n) is 10.7. The van der Waals surface area contributed by atoms with Crippen LogP contribution in [-0.2, 0) is 0 Å². The molecule has 0 radical (unpaired) electrons. The molecule has 0 amide bonds.